The van der Waals surface area contributed by atoms with Gasteiger partial charge in [-0.25, -0.2) is 4.98 Å². The Balaban J connectivity index is 2.33. The third kappa shape index (κ3) is 3.65. The highest BCUT2D eigenvalue weighted by molar-refractivity contribution is 5.80. The Morgan fingerprint density at radius 3 is 2.52 bits per heavy atom. The molecule has 0 saturated heterocycles. The van der Waals surface area contributed by atoms with Crippen molar-refractivity contribution >= 4 is 17.5 Å². The van der Waals surface area contributed by atoms with E-state index in [4.69, 9.17) is 10.9 Å². The van der Waals surface area contributed by atoms with Crippen LogP contribution in [0, 0.1) is 13.8 Å². The Hall–Kier alpha value is -2.70. The molecule has 3 N–H and O–H groups in total. The van der Waals surface area contributed by atoms with Crippen LogP contribution in [0.5, 0.6) is 0 Å². The van der Waals surface area contributed by atoms with Crippen molar-refractivity contribution in [3.05, 3.63) is 41.7 Å². The molecule has 0 bridgehead atoms. The number of rotatable bonds is 5. The van der Waals surface area contributed by atoms with E-state index in [0.717, 1.165) is 17.1 Å². The third-order valence-corrected chi connectivity index (χ3v) is 3.11. The summed E-state index contributed by atoms with van der Waals surface area (Å²) in [5, 5.41) is 19.9. The minimum atomic E-state index is 0.160. The number of oxime groups is 1. The summed E-state index contributed by atoms with van der Waals surface area (Å²) in [5.74, 6) is 0.655. The van der Waals surface area contributed by atoms with E-state index in [1.165, 1.54) is 0 Å². The molecule has 0 aliphatic carbocycles. The molecule has 0 fully saturated rings. The van der Waals surface area contributed by atoms with Crippen molar-refractivity contribution < 1.29 is 5.21 Å². The first-order valence-corrected chi connectivity index (χ1v) is 6.58. The summed E-state index contributed by atoms with van der Waals surface area (Å²) in [7, 11) is 0. The Morgan fingerprint density at radius 1 is 1.19 bits per heavy atom. The molecule has 1 aromatic carbocycles. The predicted molar refractivity (Wildman–Crippen MR) is 80.8 cm³/mol. The van der Waals surface area contributed by atoms with E-state index in [2.05, 4.69) is 20.3 Å². The molecule has 0 spiro atoms. The van der Waals surface area contributed by atoms with Gasteiger partial charge in [0.1, 0.15) is 5.84 Å². The van der Waals surface area contributed by atoms with Gasteiger partial charge in [-0.2, -0.15) is 5.10 Å². The Kier molecular flexibility index (Phi) is 4.65. The van der Waals surface area contributed by atoms with Gasteiger partial charge >= 0.3 is 0 Å². The molecule has 0 aliphatic rings. The summed E-state index contributed by atoms with van der Waals surface area (Å²) >= 11 is 0. The lowest BCUT2D eigenvalue weighted by atomic mass is 10.2. The van der Waals surface area contributed by atoms with Crippen LogP contribution in [0.3, 0.4) is 0 Å². The zero-order valence-electron chi connectivity index (χ0n) is 12.1. The SMILES string of the molecule is Cc1nnc(N(CC/C(N)=N/O)c2ccccc2)nc1C. The number of aromatic nitrogens is 3. The van der Waals surface area contributed by atoms with Gasteiger partial charge in [0.2, 0.25) is 5.95 Å². The number of aryl methyl sites for hydroxylation is 2. The Bertz CT molecular complexity index is 629. The molecule has 0 radical (unpaired) electrons. The average molecular weight is 286 g/mol. The van der Waals surface area contributed by atoms with Gasteiger partial charge in [0.15, 0.2) is 0 Å². The van der Waals surface area contributed by atoms with Crippen molar-refractivity contribution in [1.29, 1.82) is 0 Å². The van der Waals surface area contributed by atoms with Crippen LogP contribution in [0.25, 0.3) is 0 Å². The maximum atomic E-state index is 8.67. The monoisotopic (exact) mass is 286 g/mol. The third-order valence-electron chi connectivity index (χ3n) is 3.11. The number of nitrogens with two attached hydrogens (primary N) is 1. The first-order valence-electron chi connectivity index (χ1n) is 6.58. The highest BCUT2D eigenvalue weighted by Crippen LogP contribution is 2.21. The smallest absolute Gasteiger partial charge is 0.250 e. The number of hydrogen-bond donors (Lipinski definition) is 2. The number of benzene rings is 1. The zero-order chi connectivity index (χ0) is 15.2. The molecular weight excluding hydrogens is 268 g/mol. The quantitative estimate of drug-likeness (QED) is 0.376. The van der Waals surface area contributed by atoms with Crippen LogP contribution in [0.2, 0.25) is 0 Å². The number of para-hydroxylation sites is 1. The van der Waals surface area contributed by atoms with Crippen LogP contribution >= 0.6 is 0 Å². The fraction of sp³-hybridized carbons (Fsp3) is 0.286. The summed E-state index contributed by atoms with van der Waals surface area (Å²) in [6.07, 6.45) is 0.391. The lowest BCUT2D eigenvalue weighted by Crippen LogP contribution is -2.26. The standard InChI is InChI=1S/C14H18N6O/c1-10-11(2)17-18-14(16-10)20(9-8-13(15)19-21)12-6-4-3-5-7-12/h3-7,21H,8-9H2,1-2H3,(H2,15,19). The Labute approximate surface area is 123 Å². The van der Waals surface area contributed by atoms with Crippen LogP contribution < -0.4 is 10.6 Å². The Morgan fingerprint density at radius 2 is 1.90 bits per heavy atom. The second-order valence-electron chi connectivity index (χ2n) is 4.61. The van der Waals surface area contributed by atoms with Gasteiger partial charge in [-0.15, -0.1) is 5.10 Å². The van der Waals surface area contributed by atoms with Gasteiger partial charge in [-0.3, -0.25) is 0 Å². The molecule has 7 heteroatoms. The largest absolute Gasteiger partial charge is 0.409 e. The summed E-state index contributed by atoms with van der Waals surface area (Å²) in [4.78, 5) is 6.35. The first-order chi connectivity index (χ1) is 10.1. The highest BCUT2D eigenvalue weighted by atomic mass is 16.4. The molecule has 0 atom stereocenters. The van der Waals surface area contributed by atoms with Crippen molar-refractivity contribution in [2.24, 2.45) is 10.9 Å². The van der Waals surface area contributed by atoms with Gasteiger partial charge < -0.3 is 15.8 Å². The molecule has 1 heterocycles. The normalized spacial score (nSPS) is 11.4. The molecule has 2 aromatic rings. The summed E-state index contributed by atoms with van der Waals surface area (Å²) in [6.45, 7) is 4.24. The van der Waals surface area contributed by atoms with E-state index in [9.17, 15) is 0 Å². The fourth-order valence-corrected chi connectivity index (χ4v) is 1.79. The maximum Gasteiger partial charge on any atom is 0.250 e. The summed E-state index contributed by atoms with van der Waals surface area (Å²) in [5.41, 5.74) is 8.09. The van der Waals surface area contributed by atoms with Gasteiger partial charge in [0.05, 0.1) is 11.4 Å². The van der Waals surface area contributed by atoms with Crippen LogP contribution in [0.4, 0.5) is 11.6 Å². The van der Waals surface area contributed by atoms with Crippen molar-refractivity contribution in [1.82, 2.24) is 15.2 Å². The van der Waals surface area contributed by atoms with Gasteiger partial charge in [-0.05, 0) is 26.0 Å². The molecular formula is C14H18N6O. The van der Waals surface area contributed by atoms with Gasteiger partial charge in [0, 0.05) is 18.7 Å². The van der Waals surface area contributed by atoms with E-state index >= 15 is 0 Å². The number of nitrogens with zero attached hydrogens (tertiary/aromatic N) is 5. The van der Waals surface area contributed by atoms with E-state index in [0.29, 0.717) is 18.9 Å². The number of anilines is 2. The van der Waals surface area contributed by atoms with E-state index in [-0.39, 0.29) is 5.84 Å². The summed E-state index contributed by atoms with van der Waals surface area (Å²) < 4.78 is 0. The van der Waals surface area contributed by atoms with Crippen molar-refractivity contribution in [3.8, 4) is 0 Å². The van der Waals surface area contributed by atoms with Gasteiger partial charge in [0.25, 0.3) is 0 Å². The van der Waals surface area contributed by atoms with Gasteiger partial charge in [-0.1, -0.05) is 23.4 Å². The van der Waals surface area contributed by atoms with Crippen LogP contribution in [0.15, 0.2) is 35.5 Å². The second kappa shape index (κ2) is 6.65. The zero-order valence-corrected chi connectivity index (χ0v) is 12.1. The molecule has 0 amide bonds. The van der Waals surface area contributed by atoms with Crippen LogP contribution in [0.1, 0.15) is 17.8 Å². The summed E-state index contributed by atoms with van der Waals surface area (Å²) in [6, 6.07) is 9.70. The molecule has 0 saturated carbocycles. The molecule has 7 nitrogen and oxygen atoms in total. The fourth-order valence-electron chi connectivity index (χ4n) is 1.79. The van der Waals surface area contributed by atoms with Crippen molar-refractivity contribution in [2.75, 3.05) is 11.4 Å². The average Bonchev–Trinajstić information content (AvgIpc) is 2.51. The molecule has 110 valence electrons. The predicted octanol–water partition coefficient (Wildman–Crippen LogP) is 1.76. The minimum Gasteiger partial charge on any atom is -0.409 e. The first kappa shape index (κ1) is 14.7. The molecule has 21 heavy (non-hydrogen) atoms. The van der Waals surface area contributed by atoms with Crippen molar-refractivity contribution in [3.63, 3.8) is 0 Å². The lowest BCUT2D eigenvalue weighted by Gasteiger charge is -2.22. The molecule has 0 unspecified atom stereocenters. The van der Waals surface area contributed by atoms with Crippen molar-refractivity contribution in [2.45, 2.75) is 20.3 Å². The van der Waals surface area contributed by atoms with E-state index in [1.54, 1.807) is 0 Å². The van der Waals surface area contributed by atoms with Crippen LogP contribution in [-0.4, -0.2) is 32.8 Å². The number of hydrogen-bond acceptors (Lipinski definition) is 6. The van der Waals surface area contributed by atoms with Crippen LogP contribution in [-0.2, 0) is 0 Å². The van der Waals surface area contributed by atoms with E-state index < -0.39 is 0 Å². The topological polar surface area (TPSA) is 101 Å². The maximum absolute atomic E-state index is 8.67. The highest BCUT2D eigenvalue weighted by Gasteiger charge is 2.14. The molecule has 0 aliphatic heterocycles. The second-order valence-corrected chi connectivity index (χ2v) is 4.61. The molecule has 2 rings (SSSR count). The lowest BCUT2D eigenvalue weighted by molar-refractivity contribution is 0.317. The number of amidine groups is 1. The van der Waals surface area contributed by atoms with E-state index in [1.807, 2.05) is 49.1 Å². The molecule has 1 aromatic heterocycles. The minimum absolute atomic E-state index is 0.160.